The fourth-order valence-electron chi connectivity index (χ4n) is 2.02. The van der Waals surface area contributed by atoms with E-state index < -0.39 is 6.09 Å². The highest BCUT2D eigenvalue weighted by Crippen LogP contribution is 2.32. The van der Waals surface area contributed by atoms with Crippen LogP contribution in [-0.4, -0.2) is 10.7 Å². The van der Waals surface area contributed by atoms with Gasteiger partial charge in [0.25, 0.3) is 0 Å². The van der Waals surface area contributed by atoms with Crippen molar-refractivity contribution in [3.05, 3.63) is 61.1 Å². The molecule has 0 saturated heterocycles. The van der Waals surface area contributed by atoms with Gasteiger partial charge in [-0.25, -0.2) is 4.79 Å². The minimum absolute atomic E-state index is 0.212. The number of nitrogens with one attached hydrogen (secondary N) is 1. The molecule has 0 aliphatic heterocycles. The highest BCUT2D eigenvalue weighted by atomic mass is 35.5. The molecule has 1 amide bonds. The first kappa shape index (κ1) is 17.1. The van der Waals surface area contributed by atoms with E-state index in [2.05, 4.69) is 5.32 Å². The van der Waals surface area contributed by atoms with E-state index in [0.29, 0.717) is 5.52 Å². The van der Waals surface area contributed by atoms with Crippen LogP contribution in [-0.2, 0) is 11.5 Å². The van der Waals surface area contributed by atoms with Crippen molar-refractivity contribution < 1.29 is 9.53 Å². The average molecular weight is 404 g/mol. The Morgan fingerprint density at radius 2 is 1.83 bits per heavy atom. The molecule has 0 saturated carbocycles. The lowest BCUT2D eigenvalue weighted by atomic mass is 10.3. The van der Waals surface area contributed by atoms with Gasteiger partial charge in [-0.05, 0) is 24.3 Å². The predicted octanol–water partition coefficient (Wildman–Crippen LogP) is 5.23. The standard InChI is InChI=1S/C15H9Cl3N2O3S/c16-8-5-10(18)11(6-9(8)17)19-14(21)23-7-20-12-3-1-2-4-13(12)24-15(20)22/h1-6H,7H2,(H,19,21). The molecule has 0 aliphatic rings. The van der Waals surface area contributed by atoms with Crippen LogP contribution in [0, 0.1) is 0 Å². The number of carbonyl (C=O) groups excluding carboxylic acids is 1. The number of hydrogen-bond donors (Lipinski definition) is 1. The minimum atomic E-state index is -0.766. The summed E-state index contributed by atoms with van der Waals surface area (Å²) in [5.74, 6) is 0. The van der Waals surface area contributed by atoms with Gasteiger partial charge in [0.1, 0.15) is 0 Å². The van der Waals surface area contributed by atoms with Gasteiger partial charge in [-0.1, -0.05) is 58.3 Å². The lowest BCUT2D eigenvalue weighted by Crippen LogP contribution is -2.20. The predicted molar refractivity (Wildman–Crippen MR) is 97.7 cm³/mol. The molecule has 0 bridgehead atoms. The number of carbonyl (C=O) groups is 1. The Hall–Kier alpha value is -1.73. The summed E-state index contributed by atoms with van der Waals surface area (Å²) < 4.78 is 7.28. The zero-order valence-corrected chi connectivity index (χ0v) is 15.0. The van der Waals surface area contributed by atoms with Gasteiger partial charge >= 0.3 is 11.0 Å². The SMILES string of the molecule is O=C(Nc1cc(Cl)c(Cl)cc1Cl)OCn1c(=O)sc2ccccc21. The molecule has 2 aromatic carbocycles. The monoisotopic (exact) mass is 402 g/mol. The molecule has 0 aliphatic carbocycles. The molecule has 1 heterocycles. The molecule has 124 valence electrons. The Morgan fingerprint density at radius 1 is 1.12 bits per heavy atom. The van der Waals surface area contributed by atoms with Gasteiger partial charge < -0.3 is 4.74 Å². The molecule has 1 aromatic heterocycles. The molecule has 3 rings (SSSR count). The molecule has 0 atom stereocenters. The van der Waals surface area contributed by atoms with E-state index in [-0.39, 0.29) is 32.4 Å². The first-order chi connectivity index (χ1) is 11.5. The molecule has 5 nitrogen and oxygen atoms in total. The molecule has 3 aromatic rings. The fraction of sp³-hybridized carbons (Fsp3) is 0.0667. The molecule has 0 spiro atoms. The fourth-order valence-corrected chi connectivity index (χ4v) is 3.50. The van der Waals surface area contributed by atoms with Crippen LogP contribution < -0.4 is 10.2 Å². The van der Waals surface area contributed by atoms with Crippen molar-refractivity contribution in [2.24, 2.45) is 0 Å². The number of anilines is 1. The highest BCUT2D eigenvalue weighted by molar-refractivity contribution is 7.16. The van der Waals surface area contributed by atoms with Gasteiger partial charge in [-0.2, -0.15) is 0 Å². The average Bonchev–Trinajstić information content (AvgIpc) is 2.86. The molecular weight excluding hydrogens is 395 g/mol. The third-order valence-electron chi connectivity index (χ3n) is 3.15. The summed E-state index contributed by atoms with van der Waals surface area (Å²) in [6.07, 6.45) is -0.766. The van der Waals surface area contributed by atoms with Crippen molar-refractivity contribution in [2.75, 3.05) is 5.32 Å². The van der Waals surface area contributed by atoms with E-state index in [1.807, 2.05) is 12.1 Å². The summed E-state index contributed by atoms with van der Waals surface area (Å²) in [5.41, 5.74) is 0.964. The zero-order valence-electron chi connectivity index (χ0n) is 11.9. The van der Waals surface area contributed by atoms with E-state index in [1.165, 1.54) is 16.7 Å². The molecular formula is C15H9Cl3N2O3S. The van der Waals surface area contributed by atoms with Crippen LogP contribution >= 0.6 is 46.1 Å². The first-order valence-electron chi connectivity index (χ1n) is 6.62. The van der Waals surface area contributed by atoms with Crippen molar-refractivity contribution >= 4 is 68.1 Å². The van der Waals surface area contributed by atoms with Gasteiger partial charge in [-0.3, -0.25) is 14.7 Å². The maximum Gasteiger partial charge on any atom is 0.413 e. The van der Waals surface area contributed by atoms with Crippen molar-refractivity contribution in [2.45, 2.75) is 6.73 Å². The third-order valence-corrected chi connectivity index (χ3v) is 5.14. The van der Waals surface area contributed by atoms with Gasteiger partial charge in [0.05, 0.1) is 31.0 Å². The van der Waals surface area contributed by atoms with Crippen molar-refractivity contribution in [3.63, 3.8) is 0 Å². The lowest BCUT2D eigenvalue weighted by molar-refractivity contribution is 0.129. The third kappa shape index (κ3) is 3.52. The molecule has 0 radical (unpaired) electrons. The quantitative estimate of drug-likeness (QED) is 0.609. The smallest absolute Gasteiger partial charge is 0.413 e. The Labute approximate surface area is 155 Å². The number of rotatable bonds is 3. The van der Waals surface area contributed by atoms with E-state index >= 15 is 0 Å². The second-order valence-corrected chi connectivity index (χ2v) is 6.91. The minimum Gasteiger partial charge on any atom is -0.427 e. The lowest BCUT2D eigenvalue weighted by Gasteiger charge is -2.10. The number of thiazole rings is 1. The van der Waals surface area contributed by atoms with E-state index in [1.54, 1.807) is 12.1 Å². The number of aromatic nitrogens is 1. The molecule has 1 N–H and O–H groups in total. The number of hydrogen-bond acceptors (Lipinski definition) is 4. The number of fused-ring (bicyclic) bond motifs is 1. The summed E-state index contributed by atoms with van der Waals surface area (Å²) in [6, 6.07) is 10.1. The number of amides is 1. The van der Waals surface area contributed by atoms with Gasteiger partial charge in [0.2, 0.25) is 0 Å². The van der Waals surface area contributed by atoms with Crippen LogP contribution in [0.4, 0.5) is 10.5 Å². The van der Waals surface area contributed by atoms with Gasteiger partial charge in [0, 0.05) is 0 Å². The van der Waals surface area contributed by atoms with Crippen LogP contribution in [0.3, 0.4) is 0 Å². The molecule has 9 heteroatoms. The summed E-state index contributed by atoms with van der Waals surface area (Å²) in [4.78, 5) is 23.7. The Bertz CT molecular complexity index is 984. The van der Waals surface area contributed by atoms with Crippen LogP contribution in [0.1, 0.15) is 0 Å². The van der Waals surface area contributed by atoms with Crippen LogP contribution in [0.25, 0.3) is 10.2 Å². The van der Waals surface area contributed by atoms with Crippen molar-refractivity contribution in [1.29, 1.82) is 0 Å². The zero-order chi connectivity index (χ0) is 17.3. The molecule has 0 fully saturated rings. The Kier molecular flexibility index (Phi) is 5.01. The Balaban J connectivity index is 1.73. The number of ether oxygens (including phenoxy) is 1. The number of para-hydroxylation sites is 1. The molecule has 0 unspecified atom stereocenters. The van der Waals surface area contributed by atoms with Gasteiger partial charge in [0.15, 0.2) is 6.73 Å². The topological polar surface area (TPSA) is 60.3 Å². The van der Waals surface area contributed by atoms with Gasteiger partial charge in [-0.15, -0.1) is 0 Å². The number of nitrogens with zero attached hydrogens (tertiary/aromatic N) is 1. The van der Waals surface area contributed by atoms with Crippen molar-refractivity contribution in [1.82, 2.24) is 4.57 Å². The summed E-state index contributed by atoms with van der Waals surface area (Å²) >= 11 is 18.8. The maximum atomic E-state index is 12.0. The second-order valence-electron chi connectivity index (χ2n) is 4.70. The second kappa shape index (κ2) is 7.03. The van der Waals surface area contributed by atoms with Crippen LogP contribution in [0.2, 0.25) is 15.1 Å². The summed E-state index contributed by atoms with van der Waals surface area (Å²) in [7, 11) is 0. The largest absolute Gasteiger partial charge is 0.427 e. The number of halogens is 3. The van der Waals surface area contributed by atoms with E-state index in [0.717, 1.165) is 16.0 Å². The van der Waals surface area contributed by atoms with Crippen LogP contribution in [0.15, 0.2) is 41.2 Å². The first-order valence-corrected chi connectivity index (χ1v) is 8.57. The maximum absolute atomic E-state index is 12.0. The van der Waals surface area contributed by atoms with E-state index in [4.69, 9.17) is 39.5 Å². The van der Waals surface area contributed by atoms with Crippen LogP contribution in [0.5, 0.6) is 0 Å². The normalized spacial score (nSPS) is 10.8. The van der Waals surface area contributed by atoms with E-state index in [9.17, 15) is 9.59 Å². The van der Waals surface area contributed by atoms with Crippen molar-refractivity contribution in [3.8, 4) is 0 Å². The Morgan fingerprint density at radius 3 is 2.62 bits per heavy atom. The highest BCUT2D eigenvalue weighted by Gasteiger charge is 2.12. The summed E-state index contributed by atoms with van der Waals surface area (Å²) in [5, 5.41) is 3.20. The molecule has 24 heavy (non-hydrogen) atoms. The number of benzene rings is 2. The summed E-state index contributed by atoms with van der Waals surface area (Å²) in [6.45, 7) is -0.215.